The van der Waals surface area contributed by atoms with E-state index in [2.05, 4.69) is 99.8 Å². The molecule has 4 aliphatic heterocycles. The summed E-state index contributed by atoms with van der Waals surface area (Å²) in [5.74, 6) is -0.316. The van der Waals surface area contributed by atoms with E-state index in [4.69, 9.17) is 110 Å². The van der Waals surface area contributed by atoms with Crippen LogP contribution in [-0.4, -0.2) is 228 Å². The summed E-state index contributed by atoms with van der Waals surface area (Å²) in [5.41, 5.74) is 9.88. The van der Waals surface area contributed by atoms with Crippen LogP contribution in [0.1, 0.15) is 101 Å². The second-order valence-electron chi connectivity index (χ2n) is 33.8. The highest BCUT2D eigenvalue weighted by Gasteiger charge is 2.41. The number of carboxylic acid groups (broad SMARTS) is 2. The van der Waals surface area contributed by atoms with Crippen molar-refractivity contribution < 1.29 is 110 Å². The van der Waals surface area contributed by atoms with E-state index in [0.29, 0.717) is 136 Å². The van der Waals surface area contributed by atoms with Gasteiger partial charge < -0.3 is 113 Å². The van der Waals surface area contributed by atoms with Gasteiger partial charge in [-0.1, -0.05) is 54.2 Å². The number of aromatic nitrogens is 12. The molecule has 33 nitrogen and oxygen atoms in total. The number of ether oxygens (including phenoxy) is 12. The van der Waals surface area contributed by atoms with Crippen molar-refractivity contribution >= 4 is 138 Å². The molecule has 40 heteroatoms. The second kappa shape index (κ2) is 51.9. The Balaban J connectivity index is 0.000000155. The van der Waals surface area contributed by atoms with Crippen molar-refractivity contribution in [2.45, 2.75) is 106 Å². The average molecular weight is 2080 g/mol. The van der Waals surface area contributed by atoms with Crippen LogP contribution in [0.25, 0.3) is 87.2 Å². The molecule has 0 saturated carbocycles. The smallest absolute Gasteiger partial charge is 0.414 e. The number of hydrogen-bond donors (Lipinski definition) is 10. The maximum absolute atomic E-state index is 15.1. The lowest BCUT2D eigenvalue weighted by Gasteiger charge is -2.47. The number of phenols is 2. The number of phenolic OH excluding ortho intramolecular Hbond substituents is 2. The quantitative estimate of drug-likeness (QED) is 0.00835. The van der Waals surface area contributed by atoms with Crippen LogP contribution in [0, 0.1) is 61.8 Å². The molecule has 760 valence electrons. The summed E-state index contributed by atoms with van der Waals surface area (Å²) in [5, 5.41) is 49.8. The Hall–Kier alpha value is -13.6. The molecule has 4 fully saturated rings. The summed E-state index contributed by atoms with van der Waals surface area (Å²) >= 11 is 14.5. The standard InChI is InChI=1S/C28H31FN4O4.C22H22FN3O3.C18H14FN3O3.C13H15ClN2O2.C9H8FNO.C7H13NO.C3H6BrCl.C2H2O4.CH4O/c1-18-12-19-21(32-18)4-5-23(26(19)29)37-27-20-13-24(34-2)25(14-22(20)30-17-31-27)36-11-3-8-33-9-6-28(7-10-33)15-35-16-28;1-4-5-8-28-20-11-17-15(10-19(20)27-3)22(25-12-24-17)29-18-7-6-16-14(21(18)23)9-13(2)26-16;1-9-5-10-12(22-9)3-4-15(17(10)19)25-18-11-6-16(24-2)14(23)7-13(11)20-8-21-18;1-3-4-5-18-12-7-10-9(6-11(12)17-2)13(14)16-8-15-10;1-5-4-6-7(11-5)2-3-8(12)9(6)10;1-3-8-4-2-7(1)5-9-6-7;4-2-1-3-5;3-1(4)2(5)6;1-2/h4-5,12-14,17,32H,3,6-11,15-16H2,1-2H3;6-7,9-12,26H,4-5,8H2,1-3H3;3-8,22-23H,1-2H3;6-8H,3-5H2,1-2H3;2-4,11-12H,1H3;8H,1-6H2;1-3H2;(H,3,4)(H,5,6);2H,1H3. The number of nitrogens with one attached hydrogen (secondary N) is 5. The minimum atomic E-state index is -1.82. The molecule has 20 rings (SSSR count). The number of alkyl halides is 2. The second-order valence-corrected chi connectivity index (χ2v) is 35.3. The first-order chi connectivity index (χ1) is 69.1. The zero-order chi connectivity index (χ0) is 102. The summed E-state index contributed by atoms with van der Waals surface area (Å²) in [6.45, 7) is 23.1. The zero-order valence-corrected chi connectivity index (χ0v) is 84.0. The van der Waals surface area contributed by atoms with E-state index < -0.39 is 35.2 Å². The SMILES string of the molecule is C1CC2(CCN1)COC2.CCCCOc1cc2ncnc(Cl)c2cc1OC.CCCCOc1cc2ncnc(Oc3ccc4[nH]c(C)cc4c3F)c2cc1OC.CO.COc1cc2c(Oc3ccc4[nH]c(C)cc4c3F)ncnc2cc1O.COc1cc2c(Oc3ccc4[nH]c(C)cc4c3F)ncnc2cc1OCCCN1CCC2(CC1)COC2.Cc1cc2c(F)c(O)ccc2[nH]1.ClCCCBr.O=C(O)C(=O)O. The van der Waals surface area contributed by atoms with Crippen molar-refractivity contribution in [3.8, 4) is 86.6 Å². The summed E-state index contributed by atoms with van der Waals surface area (Å²) in [7, 11) is 7.20. The first-order valence-corrected chi connectivity index (χ1v) is 48.1. The summed E-state index contributed by atoms with van der Waals surface area (Å²) in [4.78, 5) is 66.4. The molecule has 0 aliphatic carbocycles. The van der Waals surface area contributed by atoms with Gasteiger partial charge in [-0.3, -0.25) is 0 Å². The van der Waals surface area contributed by atoms with Crippen LogP contribution in [0.5, 0.6) is 86.6 Å². The number of nitrogens with zero attached hydrogens (tertiary/aromatic N) is 9. The van der Waals surface area contributed by atoms with Crippen LogP contribution >= 0.6 is 39.1 Å². The van der Waals surface area contributed by atoms with Gasteiger partial charge >= 0.3 is 11.9 Å². The van der Waals surface area contributed by atoms with Gasteiger partial charge in [-0.15, -0.1) is 11.6 Å². The van der Waals surface area contributed by atoms with Gasteiger partial charge in [0.2, 0.25) is 17.6 Å². The number of aliphatic carboxylic acids is 2. The highest BCUT2D eigenvalue weighted by atomic mass is 79.9. The molecule has 2 spiro atoms. The Morgan fingerprint density at radius 3 is 1.10 bits per heavy atom. The van der Waals surface area contributed by atoms with Gasteiger partial charge in [0.1, 0.15) is 30.5 Å². The number of methoxy groups -OCH3 is 4. The number of benzene rings is 8. The van der Waals surface area contributed by atoms with Gasteiger partial charge in [-0.2, -0.15) is 0 Å². The molecule has 8 aromatic carbocycles. The molecular weight excluding hydrogens is 1960 g/mol. The van der Waals surface area contributed by atoms with E-state index in [1.165, 1.54) is 83.3 Å². The molecule has 0 bridgehead atoms. The third kappa shape index (κ3) is 27.9. The Morgan fingerprint density at radius 1 is 0.420 bits per heavy atom. The van der Waals surface area contributed by atoms with Crippen LogP contribution in [0.15, 0.2) is 147 Å². The van der Waals surface area contributed by atoms with Crippen LogP contribution in [0.2, 0.25) is 5.15 Å². The van der Waals surface area contributed by atoms with Crippen molar-refractivity contribution in [2.75, 3.05) is 126 Å². The minimum absolute atomic E-state index is 0.0463. The van der Waals surface area contributed by atoms with E-state index in [9.17, 15) is 18.3 Å². The number of aryl methyl sites for hydroxylation is 4. The number of fused-ring (bicyclic) bond motifs is 8. The van der Waals surface area contributed by atoms with Crippen molar-refractivity contribution in [1.82, 2.24) is 70.0 Å². The predicted octanol–water partition coefficient (Wildman–Crippen LogP) is 21.8. The largest absolute Gasteiger partial charge is 0.505 e. The first-order valence-electron chi connectivity index (χ1n) is 46.1. The number of H-pyrrole nitrogens is 4. The van der Waals surface area contributed by atoms with Gasteiger partial charge in [0, 0.05) is 132 Å². The van der Waals surface area contributed by atoms with Crippen molar-refractivity contribution in [2.24, 2.45) is 10.8 Å². The molecule has 0 atom stereocenters. The average Bonchev–Trinajstić information content (AvgIpc) is 1.71. The van der Waals surface area contributed by atoms with Gasteiger partial charge in [-0.25, -0.2) is 67.0 Å². The van der Waals surface area contributed by atoms with Gasteiger partial charge in [-0.05, 0) is 202 Å². The number of aromatic amines is 4. The van der Waals surface area contributed by atoms with Gasteiger partial charge in [0.15, 0.2) is 92.3 Å². The number of aliphatic hydroxyl groups is 1. The third-order valence-corrected chi connectivity index (χ3v) is 24.7. The van der Waals surface area contributed by atoms with Crippen molar-refractivity contribution in [1.29, 1.82) is 0 Å². The molecule has 4 aliphatic rings. The maximum Gasteiger partial charge on any atom is 0.414 e. The van der Waals surface area contributed by atoms with E-state index >= 15 is 4.39 Å². The number of carbonyl (C=O) groups is 2. The Bertz CT molecular complexity index is 6980. The van der Waals surface area contributed by atoms with E-state index in [0.717, 1.165) is 148 Å². The monoisotopic (exact) mass is 2080 g/mol. The van der Waals surface area contributed by atoms with Crippen LogP contribution in [-0.2, 0) is 19.1 Å². The number of piperidine rings is 2. The van der Waals surface area contributed by atoms with Crippen LogP contribution in [0.4, 0.5) is 17.6 Å². The molecule has 0 amide bonds. The number of likely N-dealkylation sites (tertiary alicyclic amines) is 1. The van der Waals surface area contributed by atoms with E-state index in [1.807, 2.05) is 39.8 Å². The maximum atomic E-state index is 15.1. The topological polar surface area (TPSA) is 428 Å². The lowest BCUT2D eigenvalue weighted by atomic mass is 9.77. The number of aromatic hydroxyl groups is 2. The number of hydrogen-bond acceptors (Lipinski definition) is 27. The van der Waals surface area contributed by atoms with Gasteiger partial charge in [0.05, 0.1) is 113 Å². The number of rotatable bonds is 25. The van der Waals surface area contributed by atoms with Crippen LogP contribution in [0.3, 0.4) is 0 Å². The molecule has 0 unspecified atom stereocenters. The molecule has 143 heavy (non-hydrogen) atoms. The minimum Gasteiger partial charge on any atom is -0.505 e. The summed E-state index contributed by atoms with van der Waals surface area (Å²) in [6, 6.07) is 33.7. The highest BCUT2D eigenvalue weighted by molar-refractivity contribution is 9.09. The lowest BCUT2D eigenvalue weighted by Crippen LogP contribution is -2.51. The van der Waals surface area contributed by atoms with Crippen LogP contribution < -0.4 is 52.7 Å². The fraction of sp³-hybridized carbons (Fsp3) is 0.359. The van der Waals surface area contributed by atoms with Crippen molar-refractivity contribution in [3.05, 3.63) is 198 Å². The molecule has 10 N–H and O–H groups in total. The Morgan fingerprint density at radius 2 is 0.762 bits per heavy atom. The molecular formula is C103H115BrCl2F4N14O19. The first kappa shape index (κ1) is 108. The normalized spacial score (nSPS) is 13.6. The third-order valence-electron chi connectivity index (χ3n) is 23.6. The molecule has 12 heterocycles. The Labute approximate surface area is 839 Å². The highest BCUT2D eigenvalue weighted by Crippen LogP contribution is 2.45. The number of aliphatic hydroxyl groups excluding tert-OH is 1. The fourth-order valence-electron chi connectivity index (χ4n) is 15.8. The summed E-state index contributed by atoms with van der Waals surface area (Å²) < 4.78 is 125. The number of unbranched alkanes of at least 4 members (excludes halogenated alkanes) is 2. The summed E-state index contributed by atoms with van der Waals surface area (Å²) in [6.07, 6.45) is 16.7. The molecule has 4 saturated heterocycles. The number of halogens is 7. The van der Waals surface area contributed by atoms with E-state index in [-0.39, 0.29) is 52.1 Å². The fourth-order valence-corrected chi connectivity index (χ4v) is 16.8. The predicted molar refractivity (Wildman–Crippen MR) is 543 cm³/mol. The molecule has 0 radical (unpaired) electrons. The Kier molecular flexibility index (Phi) is 39.3. The van der Waals surface area contributed by atoms with Gasteiger partial charge in [0.25, 0.3) is 0 Å². The zero-order valence-electron chi connectivity index (χ0n) is 80.9. The van der Waals surface area contributed by atoms with E-state index in [1.54, 1.807) is 118 Å². The van der Waals surface area contributed by atoms with Crippen molar-refractivity contribution in [3.63, 3.8) is 0 Å². The molecule has 8 aromatic heterocycles. The molecule has 16 aromatic rings. The number of carboxylic acids is 2. The lowest BCUT2D eigenvalue weighted by molar-refractivity contribution is -0.159.